The van der Waals surface area contributed by atoms with E-state index in [-0.39, 0.29) is 5.82 Å². The van der Waals surface area contributed by atoms with Crippen molar-refractivity contribution in [2.24, 2.45) is 52.9 Å². The third-order valence-corrected chi connectivity index (χ3v) is 11.0. The van der Waals surface area contributed by atoms with Gasteiger partial charge < -0.3 is 21.4 Å². The molecule has 2 aromatic carbocycles. The van der Waals surface area contributed by atoms with Crippen LogP contribution in [-0.2, 0) is 12.8 Å². The average molecular weight is 641 g/mol. The maximum Gasteiger partial charge on any atom is 0.123 e. The number of para-hydroxylation sites is 1. The fourth-order valence-electron chi connectivity index (χ4n) is 8.06. The molecular formula is C42H61FN4. The third kappa shape index (κ3) is 10.2. The lowest BCUT2D eigenvalue weighted by Gasteiger charge is -2.37. The van der Waals surface area contributed by atoms with Gasteiger partial charge in [0.15, 0.2) is 0 Å². The first-order valence-corrected chi connectivity index (χ1v) is 18.3. The zero-order chi connectivity index (χ0) is 33.8. The highest BCUT2D eigenvalue weighted by Crippen LogP contribution is 2.41. The fraction of sp³-hybridized carbons (Fsp3) is 0.524. The van der Waals surface area contributed by atoms with E-state index in [1.54, 1.807) is 6.07 Å². The summed E-state index contributed by atoms with van der Waals surface area (Å²) in [6.07, 6.45) is 22.7. The molecule has 47 heavy (non-hydrogen) atoms. The molecular weight excluding hydrogens is 579 g/mol. The van der Waals surface area contributed by atoms with E-state index < -0.39 is 0 Å². The molecule has 256 valence electrons. The van der Waals surface area contributed by atoms with Crippen molar-refractivity contribution in [3.05, 3.63) is 96.6 Å². The number of aromatic nitrogens is 2. The Hall–Kier alpha value is -3.15. The fourth-order valence-corrected chi connectivity index (χ4v) is 8.06. The van der Waals surface area contributed by atoms with Gasteiger partial charge in [-0.05, 0) is 141 Å². The van der Waals surface area contributed by atoms with E-state index in [1.807, 2.05) is 18.5 Å². The van der Waals surface area contributed by atoms with E-state index in [4.69, 9.17) is 11.5 Å². The van der Waals surface area contributed by atoms with Gasteiger partial charge >= 0.3 is 0 Å². The summed E-state index contributed by atoms with van der Waals surface area (Å²) in [5.41, 5.74) is 15.5. The SMILES string of the molecule is C=CC1CCC(C)C(C(C)C)C1.CCC1CC2C=CC1CC2.NCCc1c[nH]c2ccc(F)cc12.NCCc1c[nH]c2ccccc12. The van der Waals surface area contributed by atoms with Gasteiger partial charge in [0.2, 0.25) is 0 Å². The average Bonchev–Trinajstić information content (AvgIpc) is 3.70. The van der Waals surface area contributed by atoms with Crippen molar-refractivity contribution in [3.8, 4) is 0 Å². The van der Waals surface area contributed by atoms with Crippen LogP contribution >= 0.6 is 0 Å². The Balaban J connectivity index is 0.000000142. The number of nitrogens with one attached hydrogen (secondary N) is 2. The Bertz CT molecular complexity index is 1530. The molecule has 4 aliphatic carbocycles. The first kappa shape index (κ1) is 36.7. The summed E-state index contributed by atoms with van der Waals surface area (Å²) in [6, 6.07) is 13.0. The Morgan fingerprint density at radius 3 is 2.11 bits per heavy atom. The number of halogens is 1. The standard InChI is InChI=1S/C12H22.C10H11FN2.C10H12N2.C10H16/c1-5-11-7-6-10(4)12(8-11)9(2)3;11-8-1-2-10-9(5-8)7(3-4-12)6-13-10;11-6-5-8-7-12-10-4-2-1-3-9(8)10;1-2-9-7-8-3-5-10(9)6-4-8/h5,9-12H,1,6-8H2,2-4H3;1-2,5-6,13H,3-4,12H2;1-4,7,12H,5-6,11H2;3,5,8-10H,2,4,6-7H2,1H3. The number of nitrogens with two attached hydrogens (primary N) is 2. The van der Waals surface area contributed by atoms with Crippen LogP contribution in [0.15, 0.2) is 79.7 Å². The maximum absolute atomic E-state index is 12.9. The Kier molecular flexibility index (Phi) is 14.4. The number of rotatable bonds is 7. The van der Waals surface area contributed by atoms with Crippen LogP contribution in [-0.4, -0.2) is 23.1 Å². The molecule has 2 saturated carbocycles. The number of hydrogen-bond donors (Lipinski definition) is 4. The molecule has 2 heterocycles. The van der Waals surface area contributed by atoms with E-state index in [0.29, 0.717) is 13.1 Å². The largest absolute Gasteiger partial charge is 0.361 e. The summed E-state index contributed by atoms with van der Waals surface area (Å²) in [6.45, 7) is 14.6. The van der Waals surface area contributed by atoms with Gasteiger partial charge in [-0.25, -0.2) is 4.39 Å². The second kappa shape index (κ2) is 18.4. The van der Waals surface area contributed by atoms with Crippen molar-refractivity contribution in [2.45, 2.75) is 85.5 Å². The Labute approximate surface area is 283 Å². The lowest BCUT2D eigenvalue weighted by molar-refractivity contribution is 0.167. The van der Waals surface area contributed by atoms with E-state index in [1.165, 1.54) is 73.5 Å². The molecule has 4 aliphatic rings. The monoisotopic (exact) mass is 640 g/mol. The van der Waals surface area contributed by atoms with Gasteiger partial charge in [-0.2, -0.15) is 0 Å². The van der Waals surface area contributed by atoms with Crippen molar-refractivity contribution < 1.29 is 4.39 Å². The van der Waals surface area contributed by atoms with Gasteiger partial charge in [0.1, 0.15) is 5.82 Å². The minimum Gasteiger partial charge on any atom is -0.361 e. The first-order chi connectivity index (χ1) is 22.8. The molecule has 0 spiro atoms. The summed E-state index contributed by atoms with van der Waals surface area (Å²) >= 11 is 0. The number of benzene rings is 2. The molecule has 2 fully saturated rings. The molecule has 8 rings (SSSR count). The van der Waals surface area contributed by atoms with Crippen LogP contribution in [0, 0.1) is 47.2 Å². The molecule has 6 unspecified atom stereocenters. The number of allylic oxidation sites excluding steroid dienone is 3. The molecule has 0 saturated heterocycles. The number of aromatic amines is 2. The van der Waals surface area contributed by atoms with E-state index >= 15 is 0 Å². The van der Waals surface area contributed by atoms with Gasteiger partial charge in [0.05, 0.1) is 0 Å². The van der Waals surface area contributed by atoms with Crippen LogP contribution < -0.4 is 11.5 Å². The smallest absolute Gasteiger partial charge is 0.123 e. The van der Waals surface area contributed by atoms with Crippen molar-refractivity contribution in [2.75, 3.05) is 13.1 Å². The molecule has 2 bridgehead atoms. The highest BCUT2D eigenvalue weighted by atomic mass is 19.1. The second-order valence-electron chi connectivity index (χ2n) is 14.4. The Morgan fingerprint density at radius 2 is 1.55 bits per heavy atom. The quantitative estimate of drug-likeness (QED) is 0.152. The van der Waals surface area contributed by atoms with Crippen molar-refractivity contribution in [3.63, 3.8) is 0 Å². The minimum atomic E-state index is -0.203. The molecule has 4 nitrogen and oxygen atoms in total. The van der Waals surface area contributed by atoms with Gasteiger partial charge in [-0.1, -0.05) is 70.5 Å². The van der Waals surface area contributed by atoms with E-state index in [2.05, 4.69) is 80.7 Å². The summed E-state index contributed by atoms with van der Waals surface area (Å²) in [7, 11) is 0. The van der Waals surface area contributed by atoms with Gasteiger partial charge in [-0.3, -0.25) is 0 Å². The van der Waals surface area contributed by atoms with Crippen LogP contribution in [0.5, 0.6) is 0 Å². The predicted octanol–water partition coefficient (Wildman–Crippen LogP) is 10.4. The topological polar surface area (TPSA) is 83.6 Å². The molecule has 5 heteroatoms. The van der Waals surface area contributed by atoms with Crippen LogP contribution in [0.4, 0.5) is 4.39 Å². The van der Waals surface area contributed by atoms with E-state index in [9.17, 15) is 4.39 Å². The maximum atomic E-state index is 12.9. The molecule has 2 aromatic heterocycles. The summed E-state index contributed by atoms with van der Waals surface area (Å²) in [5, 5.41) is 2.23. The summed E-state index contributed by atoms with van der Waals surface area (Å²) < 4.78 is 12.9. The number of H-pyrrole nitrogens is 2. The minimum absolute atomic E-state index is 0.203. The lowest BCUT2D eigenvalue weighted by Crippen LogP contribution is -2.26. The molecule has 0 radical (unpaired) electrons. The van der Waals surface area contributed by atoms with Gasteiger partial charge in [0.25, 0.3) is 0 Å². The predicted molar refractivity (Wildman–Crippen MR) is 201 cm³/mol. The van der Waals surface area contributed by atoms with Gasteiger partial charge in [-0.15, -0.1) is 6.58 Å². The van der Waals surface area contributed by atoms with Gasteiger partial charge in [0, 0.05) is 34.2 Å². The Morgan fingerprint density at radius 1 is 0.872 bits per heavy atom. The summed E-state index contributed by atoms with van der Waals surface area (Å²) in [5.74, 6) is 6.25. The zero-order valence-electron chi connectivity index (χ0n) is 29.5. The number of hydrogen-bond acceptors (Lipinski definition) is 2. The van der Waals surface area contributed by atoms with Crippen LogP contribution in [0.25, 0.3) is 21.8 Å². The third-order valence-electron chi connectivity index (χ3n) is 11.0. The summed E-state index contributed by atoms with van der Waals surface area (Å²) in [4.78, 5) is 6.30. The molecule has 6 atom stereocenters. The van der Waals surface area contributed by atoms with Crippen LogP contribution in [0.1, 0.15) is 83.8 Å². The molecule has 6 N–H and O–H groups in total. The first-order valence-electron chi connectivity index (χ1n) is 18.3. The van der Waals surface area contributed by atoms with Crippen molar-refractivity contribution in [1.82, 2.24) is 9.97 Å². The highest BCUT2D eigenvalue weighted by Gasteiger charge is 2.30. The molecule has 0 aliphatic heterocycles. The highest BCUT2D eigenvalue weighted by molar-refractivity contribution is 5.83. The van der Waals surface area contributed by atoms with Crippen molar-refractivity contribution in [1.29, 1.82) is 0 Å². The van der Waals surface area contributed by atoms with Crippen LogP contribution in [0.2, 0.25) is 0 Å². The van der Waals surface area contributed by atoms with Crippen LogP contribution in [0.3, 0.4) is 0 Å². The zero-order valence-corrected chi connectivity index (χ0v) is 29.5. The van der Waals surface area contributed by atoms with Crippen molar-refractivity contribution >= 4 is 21.8 Å². The number of fused-ring (bicyclic) bond motifs is 4. The molecule has 4 aromatic rings. The molecule has 0 amide bonds. The van der Waals surface area contributed by atoms with E-state index in [0.717, 1.165) is 70.7 Å². The second-order valence-corrected chi connectivity index (χ2v) is 14.4. The normalized spacial score (nSPS) is 24.6. The lowest BCUT2D eigenvalue weighted by atomic mass is 9.68.